The van der Waals surface area contributed by atoms with Crippen molar-refractivity contribution >= 4 is 28.3 Å². The van der Waals surface area contributed by atoms with Crippen LogP contribution in [-0.2, 0) is 0 Å². The van der Waals surface area contributed by atoms with E-state index in [2.05, 4.69) is 18.8 Å². The zero-order valence-corrected chi connectivity index (χ0v) is 12.8. The van der Waals surface area contributed by atoms with Gasteiger partial charge in [0.25, 0.3) is 5.91 Å². The van der Waals surface area contributed by atoms with Crippen LogP contribution in [0.2, 0.25) is 5.15 Å². The average Bonchev–Trinajstić information content (AvgIpc) is 2.47. The SMILES string of the molecule is CCC(CC)N(C)C(=O)c1cc2ccccc2c(Cl)n1. The van der Waals surface area contributed by atoms with Crippen molar-refractivity contribution in [2.24, 2.45) is 0 Å². The second-order valence-electron chi connectivity index (χ2n) is 4.91. The zero-order valence-electron chi connectivity index (χ0n) is 12.1. The van der Waals surface area contributed by atoms with Crippen LogP contribution >= 0.6 is 11.6 Å². The van der Waals surface area contributed by atoms with Gasteiger partial charge in [-0.3, -0.25) is 4.79 Å². The Morgan fingerprint density at radius 2 is 1.95 bits per heavy atom. The summed E-state index contributed by atoms with van der Waals surface area (Å²) in [5.74, 6) is -0.0775. The number of carbonyl (C=O) groups excluding carboxylic acids is 1. The Hall–Kier alpha value is -1.61. The normalized spacial score (nSPS) is 11.1. The lowest BCUT2D eigenvalue weighted by molar-refractivity contribution is 0.0718. The van der Waals surface area contributed by atoms with E-state index in [1.807, 2.05) is 37.4 Å². The first-order chi connectivity index (χ1) is 9.58. The number of rotatable bonds is 4. The van der Waals surface area contributed by atoms with Gasteiger partial charge in [-0.05, 0) is 24.3 Å². The van der Waals surface area contributed by atoms with Crippen LogP contribution < -0.4 is 0 Å². The van der Waals surface area contributed by atoms with Crippen LogP contribution in [0.25, 0.3) is 10.8 Å². The van der Waals surface area contributed by atoms with E-state index >= 15 is 0 Å². The van der Waals surface area contributed by atoms with Gasteiger partial charge in [-0.1, -0.05) is 49.7 Å². The van der Waals surface area contributed by atoms with Crippen molar-refractivity contribution < 1.29 is 4.79 Å². The topological polar surface area (TPSA) is 33.2 Å². The van der Waals surface area contributed by atoms with Crippen LogP contribution in [0.4, 0.5) is 0 Å². The van der Waals surface area contributed by atoms with E-state index in [-0.39, 0.29) is 11.9 Å². The quantitative estimate of drug-likeness (QED) is 0.793. The van der Waals surface area contributed by atoms with E-state index < -0.39 is 0 Å². The monoisotopic (exact) mass is 290 g/mol. The molecule has 0 fully saturated rings. The molecule has 20 heavy (non-hydrogen) atoms. The molecule has 0 bridgehead atoms. The molecule has 1 amide bonds. The minimum absolute atomic E-state index is 0.0775. The second kappa shape index (κ2) is 6.23. The van der Waals surface area contributed by atoms with Gasteiger partial charge in [-0.15, -0.1) is 0 Å². The predicted molar refractivity (Wildman–Crippen MR) is 83.2 cm³/mol. The second-order valence-corrected chi connectivity index (χ2v) is 5.26. The zero-order chi connectivity index (χ0) is 14.7. The van der Waals surface area contributed by atoms with Crippen LogP contribution in [0.15, 0.2) is 30.3 Å². The lowest BCUT2D eigenvalue weighted by Gasteiger charge is -2.26. The molecule has 106 valence electrons. The number of nitrogens with zero attached hydrogens (tertiary/aromatic N) is 2. The predicted octanol–water partition coefficient (Wildman–Crippen LogP) is 4.15. The first kappa shape index (κ1) is 14.8. The van der Waals surface area contributed by atoms with Crippen molar-refractivity contribution in [1.82, 2.24) is 9.88 Å². The van der Waals surface area contributed by atoms with Gasteiger partial charge >= 0.3 is 0 Å². The van der Waals surface area contributed by atoms with Crippen molar-refractivity contribution in [3.63, 3.8) is 0 Å². The van der Waals surface area contributed by atoms with Gasteiger partial charge in [0.05, 0.1) is 0 Å². The molecule has 0 atom stereocenters. The lowest BCUT2D eigenvalue weighted by atomic mass is 10.1. The highest BCUT2D eigenvalue weighted by molar-refractivity contribution is 6.34. The van der Waals surface area contributed by atoms with Gasteiger partial charge < -0.3 is 4.90 Å². The number of benzene rings is 1. The van der Waals surface area contributed by atoms with E-state index in [9.17, 15) is 4.79 Å². The fourth-order valence-electron chi connectivity index (χ4n) is 2.45. The van der Waals surface area contributed by atoms with Gasteiger partial charge in [-0.25, -0.2) is 4.98 Å². The Morgan fingerprint density at radius 1 is 1.30 bits per heavy atom. The fraction of sp³-hybridized carbons (Fsp3) is 0.375. The smallest absolute Gasteiger partial charge is 0.272 e. The van der Waals surface area contributed by atoms with Crippen molar-refractivity contribution in [2.45, 2.75) is 32.7 Å². The maximum atomic E-state index is 12.5. The van der Waals surface area contributed by atoms with E-state index in [0.717, 1.165) is 23.6 Å². The molecular weight excluding hydrogens is 272 g/mol. The Kier molecular flexibility index (Phi) is 4.61. The summed E-state index contributed by atoms with van der Waals surface area (Å²) in [6.45, 7) is 4.16. The molecule has 0 aliphatic carbocycles. The highest BCUT2D eigenvalue weighted by Gasteiger charge is 2.20. The van der Waals surface area contributed by atoms with Crippen LogP contribution in [0.1, 0.15) is 37.2 Å². The number of aromatic nitrogens is 1. The van der Waals surface area contributed by atoms with Crippen LogP contribution in [0, 0.1) is 0 Å². The maximum absolute atomic E-state index is 12.5. The molecule has 2 aromatic rings. The van der Waals surface area contributed by atoms with Crippen LogP contribution in [0.5, 0.6) is 0 Å². The molecule has 0 radical (unpaired) electrons. The molecule has 0 saturated heterocycles. The molecule has 1 aromatic heterocycles. The van der Waals surface area contributed by atoms with Crippen molar-refractivity contribution in [3.8, 4) is 0 Å². The van der Waals surface area contributed by atoms with Gasteiger partial charge in [0.1, 0.15) is 10.8 Å². The summed E-state index contributed by atoms with van der Waals surface area (Å²) < 4.78 is 0. The average molecular weight is 291 g/mol. The van der Waals surface area contributed by atoms with E-state index in [4.69, 9.17) is 11.6 Å². The summed E-state index contributed by atoms with van der Waals surface area (Å²) in [5, 5.41) is 2.19. The molecule has 1 aromatic carbocycles. The number of carbonyl (C=O) groups is 1. The molecule has 1 heterocycles. The van der Waals surface area contributed by atoms with Crippen molar-refractivity contribution in [2.75, 3.05) is 7.05 Å². The molecule has 2 rings (SSSR count). The highest BCUT2D eigenvalue weighted by Crippen LogP contribution is 2.23. The van der Waals surface area contributed by atoms with Gasteiger partial charge in [0, 0.05) is 18.5 Å². The molecular formula is C16H19ClN2O. The number of amides is 1. The Bertz CT molecular complexity index is 623. The summed E-state index contributed by atoms with van der Waals surface area (Å²) >= 11 is 6.18. The highest BCUT2D eigenvalue weighted by atomic mass is 35.5. The van der Waals surface area contributed by atoms with E-state index in [1.165, 1.54) is 0 Å². The Morgan fingerprint density at radius 3 is 2.60 bits per heavy atom. The summed E-state index contributed by atoms with van der Waals surface area (Å²) in [6.07, 6.45) is 1.86. The summed E-state index contributed by atoms with van der Waals surface area (Å²) in [5.41, 5.74) is 0.406. The van der Waals surface area contributed by atoms with Gasteiger partial charge in [-0.2, -0.15) is 0 Å². The number of pyridine rings is 1. The first-order valence-electron chi connectivity index (χ1n) is 6.90. The third-order valence-electron chi connectivity index (χ3n) is 3.72. The van der Waals surface area contributed by atoms with Crippen molar-refractivity contribution in [3.05, 3.63) is 41.2 Å². The van der Waals surface area contributed by atoms with E-state index in [1.54, 1.807) is 4.90 Å². The summed E-state index contributed by atoms with van der Waals surface area (Å²) in [7, 11) is 1.82. The molecule has 4 heteroatoms. The minimum atomic E-state index is -0.0775. The van der Waals surface area contributed by atoms with E-state index in [0.29, 0.717) is 10.8 Å². The van der Waals surface area contributed by atoms with Crippen LogP contribution in [0.3, 0.4) is 0 Å². The summed E-state index contributed by atoms with van der Waals surface area (Å²) in [6, 6.07) is 9.73. The summed E-state index contributed by atoms with van der Waals surface area (Å²) in [4.78, 5) is 18.5. The third kappa shape index (κ3) is 2.78. The third-order valence-corrected chi connectivity index (χ3v) is 4.01. The number of fused-ring (bicyclic) bond motifs is 1. The van der Waals surface area contributed by atoms with Crippen LogP contribution in [-0.4, -0.2) is 28.9 Å². The maximum Gasteiger partial charge on any atom is 0.272 e. The molecule has 0 unspecified atom stereocenters. The Balaban J connectivity index is 2.40. The molecule has 0 aliphatic heterocycles. The largest absolute Gasteiger partial charge is 0.337 e. The minimum Gasteiger partial charge on any atom is -0.337 e. The number of hydrogen-bond acceptors (Lipinski definition) is 2. The molecule has 0 spiro atoms. The number of halogens is 1. The molecule has 3 nitrogen and oxygen atoms in total. The fourth-order valence-corrected chi connectivity index (χ4v) is 2.71. The Labute approximate surface area is 124 Å². The molecule has 0 aliphatic rings. The first-order valence-corrected chi connectivity index (χ1v) is 7.28. The standard InChI is InChI=1S/C16H19ClN2O/c1-4-12(5-2)19(3)16(20)14-10-11-8-6-7-9-13(11)15(17)18-14/h6-10,12H,4-5H2,1-3H3. The molecule has 0 N–H and O–H groups in total. The molecule has 0 saturated carbocycles. The number of hydrogen-bond donors (Lipinski definition) is 0. The van der Waals surface area contributed by atoms with Crippen molar-refractivity contribution in [1.29, 1.82) is 0 Å². The van der Waals surface area contributed by atoms with Gasteiger partial charge in [0.15, 0.2) is 0 Å². The lowest BCUT2D eigenvalue weighted by Crippen LogP contribution is -2.36. The van der Waals surface area contributed by atoms with Gasteiger partial charge in [0.2, 0.25) is 0 Å².